The average molecular weight is 345 g/mol. The van der Waals surface area contributed by atoms with Crippen molar-refractivity contribution in [2.24, 2.45) is 0 Å². The van der Waals surface area contributed by atoms with E-state index in [0.29, 0.717) is 23.2 Å². The highest BCUT2D eigenvalue weighted by atomic mass is 32.1. The Morgan fingerprint density at radius 3 is 2.83 bits per heavy atom. The Hall–Kier alpha value is -1.99. The summed E-state index contributed by atoms with van der Waals surface area (Å²) in [6.45, 7) is 2.76. The molecule has 7 heteroatoms. The number of carbonyl (C=O) groups excluding carboxylic acids is 1. The van der Waals surface area contributed by atoms with Gasteiger partial charge in [-0.1, -0.05) is 23.5 Å². The molecule has 128 valence electrons. The second kappa shape index (κ2) is 8.21. The molecule has 4 N–H and O–H groups in total. The molecule has 1 atom stereocenters. The van der Waals surface area contributed by atoms with Crippen LogP contribution in [0.25, 0.3) is 0 Å². The van der Waals surface area contributed by atoms with Crippen LogP contribution in [-0.2, 0) is 6.42 Å². The first-order chi connectivity index (χ1) is 11.7. The fourth-order valence-electron chi connectivity index (χ4n) is 2.95. The molecular formula is C17H23N5OS. The number of nitrogens with zero attached hydrogens (tertiary/aromatic N) is 2. The van der Waals surface area contributed by atoms with E-state index < -0.39 is 0 Å². The fraction of sp³-hybridized carbons (Fsp3) is 0.471. The maximum atomic E-state index is 12.2. The lowest BCUT2D eigenvalue weighted by atomic mass is 9.91. The SMILES string of the molecule is Nc1nnc(CCCNC(=O)c2ccc([C@@H]3CCCNC3)cc2)s1. The third kappa shape index (κ3) is 4.52. The van der Waals surface area contributed by atoms with E-state index in [4.69, 9.17) is 5.73 Å². The number of aromatic nitrogens is 2. The molecule has 1 aliphatic heterocycles. The van der Waals surface area contributed by atoms with Gasteiger partial charge in [0.2, 0.25) is 5.13 Å². The number of piperidine rings is 1. The first kappa shape index (κ1) is 16.9. The van der Waals surface area contributed by atoms with Crippen molar-refractivity contribution in [2.75, 3.05) is 25.4 Å². The van der Waals surface area contributed by atoms with Gasteiger partial charge in [0.1, 0.15) is 5.01 Å². The van der Waals surface area contributed by atoms with Gasteiger partial charge in [0.15, 0.2) is 0 Å². The first-order valence-electron chi connectivity index (χ1n) is 8.39. The van der Waals surface area contributed by atoms with Crippen molar-refractivity contribution < 1.29 is 4.79 Å². The van der Waals surface area contributed by atoms with Crippen LogP contribution >= 0.6 is 11.3 Å². The number of hydrogen-bond donors (Lipinski definition) is 3. The van der Waals surface area contributed by atoms with Crippen LogP contribution in [0.15, 0.2) is 24.3 Å². The molecule has 1 aromatic heterocycles. The summed E-state index contributed by atoms with van der Waals surface area (Å²) < 4.78 is 0. The molecule has 1 aromatic carbocycles. The number of nitrogen functional groups attached to an aromatic ring is 1. The summed E-state index contributed by atoms with van der Waals surface area (Å²) in [7, 11) is 0. The Morgan fingerprint density at radius 2 is 2.17 bits per heavy atom. The van der Waals surface area contributed by atoms with E-state index in [1.54, 1.807) is 0 Å². The zero-order valence-electron chi connectivity index (χ0n) is 13.6. The molecule has 0 unspecified atom stereocenters. The standard InChI is InChI=1S/C17H23N5OS/c18-17-22-21-15(24-17)4-2-10-20-16(23)13-7-5-12(6-8-13)14-3-1-9-19-11-14/h5-8,14,19H,1-4,9-11H2,(H2,18,22)(H,20,23)/t14-/m1/s1. The van der Waals surface area contributed by atoms with Crippen molar-refractivity contribution in [2.45, 2.75) is 31.6 Å². The average Bonchev–Trinajstić information content (AvgIpc) is 3.05. The summed E-state index contributed by atoms with van der Waals surface area (Å²) >= 11 is 1.40. The Kier molecular flexibility index (Phi) is 5.77. The van der Waals surface area contributed by atoms with E-state index in [1.165, 1.54) is 29.7 Å². The van der Waals surface area contributed by atoms with Crippen LogP contribution in [0.1, 0.15) is 46.1 Å². The molecule has 1 saturated heterocycles. The van der Waals surface area contributed by atoms with Crippen molar-refractivity contribution >= 4 is 22.4 Å². The summed E-state index contributed by atoms with van der Waals surface area (Å²) in [6, 6.07) is 8.00. The van der Waals surface area contributed by atoms with Gasteiger partial charge in [-0.05, 0) is 49.4 Å². The number of anilines is 1. The molecule has 0 saturated carbocycles. The van der Waals surface area contributed by atoms with Crippen LogP contribution in [0.5, 0.6) is 0 Å². The Morgan fingerprint density at radius 1 is 1.33 bits per heavy atom. The van der Waals surface area contributed by atoms with Gasteiger partial charge in [-0.15, -0.1) is 10.2 Å². The Labute approximate surface area is 145 Å². The van der Waals surface area contributed by atoms with Gasteiger partial charge in [0.25, 0.3) is 5.91 Å². The van der Waals surface area contributed by atoms with E-state index in [-0.39, 0.29) is 5.91 Å². The lowest BCUT2D eigenvalue weighted by molar-refractivity contribution is 0.0953. The largest absolute Gasteiger partial charge is 0.374 e. The van der Waals surface area contributed by atoms with E-state index in [9.17, 15) is 4.79 Å². The van der Waals surface area contributed by atoms with E-state index in [1.807, 2.05) is 12.1 Å². The molecule has 1 amide bonds. The summed E-state index contributed by atoms with van der Waals surface area (Å²) in [6.07, 6.45) is 4.04. The molecule has 0 bridgehead atoms. The number of carbonyl (C=O) groups is 1. The second-order valence-corrected chi connectivity index (χ2v) is 7.15. The Balaban J connectivity index is 1.44. The van der Waals surface area contributed by atoms with Gasteiger partial charge in [-0.25, -0.2) is 0 Å². The van der Waals surface area contributed by atoms with Crippen molar-refractivity contribution in [3.8, 4) is 0 Å². The molecule has 1 fully saturated rings. The van der Waals surface area contributed by atoms with E-state index >= 15 is 0 Å². The fourth-order valence-corrected chi connectivity index (χ4v) is 3.61. The highest BCUT2D eigenvalue weighted by Gasteiger charge is 2.15. The number of nitrogens with two attached hydrogens (primary N) is 1. The topological polar surface area (TPSA) is 92.9 Å². The maximum Gasteiger partial charge on any atom is 0.251 e. The van der Waals surface area contributed by atoms with Gasteiger partial charge < -0.3 is 16.4 Å². The molecule has 3 rings (SSSR count). The minimum absolute atomic E-state index is 0.0277. The quantitative estimate of drug-likeness (QED) is 0.696. The zero-order valence-corrected chi connectivity index (χ0v) is 14.4. The van der Waals surface area contributed by atoms with Gasteiger partial charge >= 0.3 is 0 Å². The van der Waals surface area contributed by atoms with Crippen LogP contribution in [0.4, 0.5) is 5.13 Å². The number of hydrogen-bond acceptors (Lipinski definition) is 6. The molecule has 6 nitrogen and oxygen atoms in total. The van der Waals surface area contributed by atoms with Crippen molar-refractivity contribution in [3.05, 3.63) is 40.4 Å². The summed E-state index contributed by atoms with van der Waals surface area (Å²) in [5, 5.41) is 15.5. The number of rotatable bonds is 6. The highest BCUT2D eigenvalue weighted by molar-refractivity contribution is 7.15. The van der Waals surface area contributed by atoms with Gasteiger partial charge in [-0.2, -0.15) is 0 Å². The molecular weight excluding hydrogens is 322 g/mol. The van der Waals surface area contributed by atoms with Crippen molar-refractivity contribution in [1.82, 2.24) is 20.8 Å². The molecule has 1 aliphatic rings. The lowest BCUT2D eigenvalue weighted by Crippen LogP contribution is -2.28. The predicted molar refractivity (Wildman–Crippen MR) is 96.3 cm³/mol. The number of nitrogens with one attached hydrogen (secondary N) is 2. The smallest absolute Gasteiger partial charge is 0.251 e. The van der Waals surface area contributed by atoms with E-state index in [0.717, 1.165) is 30.9 Å². The van der Waals surface area contributed by atoms with Crippen LogP contribution in [-0.4, -0.2) is 35.7 Å². The number of benzene rings is 1. The summed E-state index contributed by atoms with van der Waals surface area (Å²) in [5.41, 5.74) is 7.57. The van der Waals surface area contributed by atoms with Gasteiger partial charge in [0, 0.05) is 25.1 Å². The third-order valence-electron chi connectivity index (χ3n) is 4.28. The number of amides is 1. The minimum atomic E-state index is -0.0277. The molecule has 0 radical (unpaired) electrons. The third-order valence-corrected chi connectivity index (χ3v) is 5.09. The predicted octanol–water partition coefficient (Wildman–Crippen LogP) is 1.95. The summed E-state index contributed by atoms with van der Waals surface area (Å²) in [5.74, 6) is 0.537. The lowest BCUT2D eigenvalue weighted by Gasteiger charge is -2.23. The molecule has 2 aromatic rings. The van der Waals surface area contributed by atoms with Crippen molar-refractivity contribution in [1.29, 1.82) is 0 Å². The molecule has 0 aliphatic carbocycles. The first-order valence-corrected chi connectivity index (χ1v) is 9.21. The number of aryl methyl sites for hydroxylation is 1. The zero-order chi connectivity index (χ0) is 16.8. The normalized spacial score (nSPS) is 17.6. The van der Waals surface area contributed by atoms with Gasteiger partial charge in [0.05, 0.1) is 0 Å². The molecule has 24 heavy (non-hydrogen) atoms. The summed E-state index contributed by atoms with van der Waals surface area (Å²) in [4.78, 5) is 12.2. The Bertz CT molecular complexity index is 664. The monoisotopic (exact) mass is 345 g/mol. The van der Waals surface area contributed by atoms with Crippen LogP contribution in [0, 0.1) is 0 Å². The van der Waals surface area contributed by atoms with Crippen molar-refractivity contribution in [3.63, 3.8) is 0 Å². The maximum absolute atomic E-state index is 12.2. The van der Waals surface area contributed by atoms with Crippen LogP contribution in [0.3, 0.4) is 0 Å². The van der Waals surface area contributed by atoms with Crippen LogP contribution in [0.2, 0.25) is 0 Å². The van der Waals surface area contributed by atoms with Gasteiger partial charge in [-0.3, -0.25) is 4.79 Å². The molecule has 0 spiro atoms. The highest BCUT2D eigenvalue weighted by Crippen LogP contribution is 2.23. The molecule has 2 heterocycles. The minimum Gasteiger partial charge on any atom is -0.374 e. The van der Waals surface area contributed by atoms with E-state index in [2.05, 4.69) is 33.0 Å². The van der Waals surface area contributed by atoms with Crippen LogP contribution < -0.4 is 16.4 Å². The second-order valence-electron chi connectivity index (χ2n) is 6.06.